The molecule has 3 rings (SSSR count). The zero-order valence-corrected chi connectivity index (χ0v) is 15.8. The second-order valence-electron chi connectivity index (χ2n) is 6.05. The van der Waals surface area contributed by atoms with Crippen molar-refractivity contribution in [1.29, 1.82) is 0 Å². The van der Waals surface area contributed by atoms with Gasteiger partial charge in [0.1, 0.15) is 11.6 Å². The van der Waals surface area contributed by atoms with E-state index in [0.29, 0.717) is 36.8 Å². The maximum absolute atomic E-state index is 12.8. The molecule has 1 aliphatic heterocycles. The van der Waals surface area contributed by atoms with Crippen molar-refractivity contribution < 1.29 is 28.2 Å². The standard InChI is InChI=1S/C19H19FN2O5S/c20-14-3-5-15(6-4-14)26-13-18(24)27-12-17(23)21-7-9-22(10-8-21)19(25)16-2-1-11-28-16/h1-6,11H,7-10,12-13H2. The third kappa shape index (κ3) is 5.29. The number of benzene rings is 1. The Morgan fingerprint density at radius 1 is 0.964 bits per heavy atom. The molecule has 2 amide bonds. The topological polar surface area (TPSA) is 76.2 Å². The van der Waals surface area contributed by atoms with E-state index in [1.165, 1.54) is 35.6 Å². The molecule has 0 N–H and O–H groups in total. The molecule has 1 fully saturated rings. The Morgan fingerprint density at radius 2 is 1.64 bits per heavy atom. The number of ether oxygens (including phenoxy) is 2. The normalized spacial score (nSPS) is 13.9. The van der Waals surface area contributed by atoms with E-state index < -0.39 is 11.8 Å². The van der Waals surface area contributed by atoms with E-state index in [1.807, 2.05) is 11.4 Å². The molecule has 0 spiro atoms. The van der Waals surface area contributed by atoms with Crippen molar-refractivity contribution in [1.82, 2.24) is 9.80 Å². The third-order valence-electron chi connectivity index (χ3n) is 4.18. The molecule has 0 bridgehead atoms. The number of amides is 2. The number of nitrogens with zero attached hydrogens (tertiary/aromatic N) is 2. The summed E-state index contributed by atoms with van der Waals surface area (Å²) < 4.78 is 22.9. The molecule has 7 nitrogen and oxygen atoms in total. The SMILES string of the molecule is O=C(COc1ccc(F)cc1)OCC(=O)N1CCN(C(=O)c2cccs2)CC1. The van der Waals surface area contributed by atoms with Crippen LogP contribution in [0.15, 0.2) is 41.8 Å². The molecule has 1 aromatic heterocycles. The third-order valence-corrected chi connectivity index (χ3v) is 5.04. The van der Waals surface area contributed by atoms with Crippen molar-refractivity contribution >= 4 is 29.1 Å². The van der Waals surface area contributed by atoms with Crippen LogP contribution in [0.2, 0.25) is 0 Å². The fraction of sp³-hybridized carbons (Fsp3) is 0.316. The lowest BCUT2D eigenvalue weighted by molar-refractivity contribution is -0.154. The molecule has 1 aromatic carbocycles. The second-order valence-corrected chi connectivity index (χ2v) is 7.00. The van der Waals surface area contributed by atoms with Gasteiger partial charge < -0.3 is 19.3 Å². The maximum Gasteiger partial charge on any atom is 0.344 e. The van der Waals surface area contributed by atoms with Gasteiger partial charge in [0.2, 0.25) is 0 Å². The van der Waals surface area contributed by atoms with Crippen LogP contribution in [0.1, 0.15) is 9.67 Å². The van der Waals surface area contributed by atoms with Crippen LogP contribution in [-0.2, 0) is 14.3 Å². The first-order chi connectivity index (χ1) is 13.5. The quantitative estimate of drug-likeness (QED) is 0.684. The van der Waals surface area contributed by atoms with Crippen molar-refractivity contribution in [2.75, 3.05) is 39.4 Å². The molecule has 0 saturated carbocycles. The van der Waals surface area contributed by atoms with Gasteiger partial charge in [0.15, 0.2) is 13.2 Å². The Kier molecular flexibility index (Phi) is 6.59. The van der Waals surface area contributed by atoms with E-state index in [-0.39, 0.29) is 25.0 Å². The number of rotatable bonds is 6. The van der Waals surface area contributed by atoms with Gasteiger partial charge in [0.05, 0.1) is 4.88 Å². The van der Waals surface area contributed by atoms with E-state index in [1.54, 1.807) is 15.9 Å². The molecular weight excluding hydrogens is 387 g/mol. The number of carbonyl (C=O) groups excluding carboxylic acids is 3. The maximum atomic E-state index is 12.8. The minimum absolute atomic E-state index is 0.0357. The molecule has 148 valence electrons. The summed E-state index contributed by atoms with van der Waals surface area (Å²) in [5, 5.41) is 1.85. The highest BCUT2D eigenvalue weighted by atomic mass is 32.1. The Hall–Kier alpha value is -2.94. The van der Waals surface area contributed by atoms with E-state index >= 15 is 0 Å². The first kappa shape index (κ1) is 19.8. The predicted molar refractivity (Wildman–Crippen MR) is 99.7 cm³/mol. The van der Waals surface area contributed by atoms with Gasteiger partial charge in [-0.15, -0.1) is 11.3 Å². The van der Waals surface area contributed by atoms with Gasteiger partial charge in [0, 0.05) is 26.2 Å². The molecule has 0 aliphatic carbocycles. The number of piperazine rings is 1. The van der Waals surface area contributed by atoms with Crippen molar-refractivity contribution in [2.45, 2.75) is 0 Å². The molecule has 0 radical (unpaired) electrons. The van der Waals surface area contributed by atoms with Gasteiger partial charge >= 0.3 is 5.97 Å². The first-order valence-corrected chi connectivity index (χ1v) is 9.55. The van der Waals surface area contributed by atoms with Crippen LogP contribution in [0.25, 0.3) is 0 Å². The first-order valence-electron chi connectivity index (χ1n) is 8.67. The van der Waals surface area contributed by atoms with Crippen LogP contribution < -0.4 is 4.74 Å². The average molecular weight is 406 g/mol. The monoisotopic (exact) mass is 406 g/mol. The van der Waals surface area contributed by atoms with Gasteiger partial charge in [0.25, 0.3) is 11.8 Å². The van der Waals surface area contributed by atoms with Crippen LogP contribution >= 0.6 is 11.3 Å². The van der Waals surface area contributed by atoms with Crippen molar-refractivity contribution in [3.63, 3.8) is 0 Å². The van der Waals surface area contributed by atoms with Crippen molar-refractivity contribution in [3.8, 4) is 5.75 Å². The molecule has 2 aromatic rings. The summed E-state index contributed by atoms with van der Waals surface area (Å²) in [6, 6.07) is 8.82. The Morgan fingerprint density at radius 3 is 2.29 bits per heavy atom. The van der Waals surface area contributed by atoms with Crippen molar-refractivity contribution in [2.24, 2.45) is 0 Å². The van der Waals surface area contributed by atoms with Crippen LogP contribution in [0.3, 0.4) is 0 Å². The number of hydrogen-bond donors (Lipinski definition) is 0. The molecular formula is C19H19FN2O5S. The number of halogens is 1. The van der Waals surface area contributed by atoms with Crippen LogP contribution in [0, 0.1) is 5.82 Å². The molecule has 2 heterocycles. The summed E-state index contributed by atoms with van der Waals surface area (Å²) in [6.07, 6.45) is 0. The Balaban J connectivity index is 1.36. The molecule has 0 unspecified atom stereocenters. The summed E-state index contributed by atoms with van der Waals surface area (Å²) in [4.78, 5) is 40.1. The summed E-state index contributed by atoms with van der Waals surface area (Å²) in [5.74, 6) is -1.12. The summed E-state index contributed by atoms with van der Waals surface area (Å²) >= 11 is 1.39. The average Bonchev–Trinajstić information content (AvgIpc) is 3.26. The van der Waals surface area contributed by atoms with Gasteiger partial charge in [-0.1, -0.05) is 6.07 Å². The van der Waals surface area contributed by atoms with E-state index in [4.69, 9.17) is 9.47 Å². The summed E-state index contributed by atoms with van der Waals surface area (Å²) in [7, 11) is 0. The number of esters is 1. The Labute approximate surface area is 165 Å². The van der Waals surface area contributed by atoms with Crippen LogP contribution in [-0.4, -0.2) is 67.0 Å². The molecule has 1 aliphatic rings. The number of thiophene rings is 1. The largest absolute Gasteiger partial charge is 0.482 e. The lowest BCUT2D eigenvalue weighted by atomic mass is 10.3. The molecule has 28 heavy (non-hydrogen) atoms. The lowest BCUT2D eigenvalue weighted by Crippen LogP contribution is -2.51. The summed E-state index contributed by atoms with van der Waals surface area (Å²) in [5.41, 5.74) is 0. The Bertz CT molecular complexity index is 817. The van der Waals surface area contributed by atoms with E-state index in [9.17, 15) is 18.8 Å². The minimum Gasteiger partial charge on any atom is -0.482 e. The highest BCUT2D eigenvalue weighted by Gasteiger charge is 2.25. The zero-order valence-electron chi connectivity index (χ0n) is 15.0. The highest BCUT2D eigenvalue weighted by Crippen LogP contribution is 2.14. The smallest absolute Gasteiger partial charge is 0.344 e. The van der Waals surface area contributed by atoms with Gasteiger partial charge in [-0.25, -0.2) is 9.18 Å². The van der Waals surface area contributed by atoms with Gasteiger partial charge in [-0.3, -0.25) is 9.59 Å². The van der Waals surface area contributed by atoms with Crippen molar-refractivity contribution in [3.05, 3.63) is 52.5 Å². The number of carbonyl (C=O) groups is 3. The van der Waals surface area contributed by atoms with E-state index in [2.05, 4.69) is 0 Å². The summed E-state index contributed by atoms with van der Waals surface area (Å²) in [6.45, 7) is 0.889. The zero-order chi connectivity index (χ0) is 19.9. The molecule has 1 saturated heterocycles. The molecule has 9 heteroatoms. The fourth-order valence-corrected chi connectivity index (χ4v) is 3.35. The van der Waals surface area contributed by atoms with Gasteiger partial charge in [-0.2, -0.15) is 0 Å². The lowest BCUT2D eigenvalue weighted by Gasteiger charge is -2.34. The number of hydrogen-bond acceptors (Lipinski definition) is 6. The molecule has 0 atom stereocenters. The predicted octanol–water partition coefficient (Wildman–Crippen LogP) is 1.79. The minimum atomic E-state index is -0.691. The van der Waals surface area contributed by atoms with E-state index in [0.717, 1.165) is 0 Å². The van der Waals surface area contributed by atoms with Crippen LogP contribution in [0.4, 0.5) is 4.39 Å². The fourth-order valence-electron chi connectivity index (χ4n) is 2.66. The van der Waals surface area contributed by atoms with Crippen LogP contribution in [0.5, 0.6) is 5.75 Å². The van der Waals surface area contributed by atoms with Gasteiger partial charge in [-0.05, 0) is 35.7 Å². The second kappa shape index (κ2) is 9.32. The highest BCUT2D eigenvalue weighted by molar-refractivity contribution is 7.12.